The first-order valence-corrected chi connectivity index (χ1v) is 8.47. The molecule has 19 heavy (non-hydrogen) atoms. The summed E-state index contributed by atoms with van der Waals surface area (Å²) in [6.07, 6.45) is 3.32. The Balaban J connectivity index is 2.74. The molecule has 0 aliphatic heterocycles. The average molecular weight is 287 g/mol. The van der Waals surface area contributed by atoms with Crippen LogP contribution in [0.5, 0.6) is 0 Å². The van der Waals surface area contributed by atoms with Gasteiger partial charge in [0, 0.05) is 11.0 Å². The lowest BCUT2D eigenvalue weighted by Crippen LogP contribution is -2.57. The van der Waals surface area contributed by atoms with Crippen LogP contribution in [0.4, 0.5) is 0 Å². The van der Waals surface area contributed by atoms with E-state index in [-0.39, 0.29) is 5.97 Å². The van der Waals surface area contributed by atoms with Gasteiger partial charge in [-0.3, -0.25) is 4.79 Å². The minimum atomic E-state index is -0.460. The number of hydrogen-bond donors (Lipinski definition) is 1. The van der Waals surface area contributed by atoms with E-state index in [0.29, 0.717) is 17.1 Å². The van der Waals surface area contributed by atoms with E-state index < -0.39 is 5.54 Å². The van der Waals surface area contributed by atoms with Gasteiger partial charge in [-0.2, -0.15) is 11.8 Å². The molecule has 1 aliphatic carbocycles. The predicted molar refractivity (Wildman–Crippen MR) is 82.5 cm³/mol. The van der Waals surface area contributed by atoms with Crippen LogP contribution in [0.15, 0.2) is 0 Å². The van der Waals surface area contributed by atoms with Crippen LogP contribution in [0, 0.1) is 11.8 Å². The molecule has 0 amide bonds. The van der Waals surface area contributed by atoms with Crippen molar-refractivity contribution in [1.29, 1.82) is 0 Å². The molecule has 0 aromatic carbocycles. The minimum Gasteiger partial charge on any atom is -0.468 e. The highest BCUT2D eigenvalue weighted by Crippen LogP contribution is 2.43. The third-order valence-corrected chi connectivity index (χ3v) is 5.72. The second-order valence-electron chi connectivity index (χ2n) is 5.92. The van der Waals surface area contributed by atoms with Gasteiger partial charge in [0.15, 0.2) is 0 Å². The van der Waals surface area contributed by atoms with Gasteiger partial charge in [-0.1, -0.05) is 27.7 Å². The van der Waals surface area contributed by atoms with Gasteiger partial charge in [-0.15, -0.1) is 0 Å². The fourth-order valence-electron chi connectivity index (χ4n) is 2.17. The molecule has 0 heterocycles. The van der Waals surface area contributed by atoms with Crippen molar-refractivity contribution >= 4 is 17.7 Å². The van der Waals surface area contributed by atoms with Crippen molar-refractivity contribution < 1.29 is 9.53 Å². The Morgan fingerprint density at radius 2 is 2.05 bits per heavy atom. The molecule has 0 aromatic heterocycles. The van der Waals surface area contributed by atoms with Gasteiger partial charge in [0.05, 0.1) is 7.11 Å². The number of rotatable bonds is 9. The lowest BCUT2D eigenvalue weighted by Gasteiger charge is -2.33. The number of hydrogen-bond acceptors (Lipinski definition) is 4. The molecule has 1 aliphatic rings. The number of carbonyl (C=O) groups excluding carboxylic acids is 1. The van der Waals surface area contributed by atoms with Gasteiger partial charge < -0.3 is 10.1 Å². The lowest BCUT2D eigenvalue weighted by atomic mass is 9.95. The molecule has 2 atom stereocenters. The third-order valence-electron chi connectivity index (χ3n) is 4.03. The number of methoxy groups -OCH3 is 1. The van der Waals surface area contributed by atoms with Gasteiger partial charge >= 0.3 is 5.97 Å². The lowest BCUT2D eigenvalue weighted by molar-refractivity contribution is -0.148. The first-order chi connectivity index (χ1) is 8.97. The van der Waals surface area contributed by atoms with Gasteiger partial charge in [0.2, 0.25) is 0 Å². The maximum absolute atomic E-state index is 12.3. The van der Waals surface area contributed by atoms with E-state index in [0.717, 1.165) is 31.6 Å². The molecule has 0 spiro atoms. The fourth-order valence-corrected chi connectivity index (χ4v) is 3.54. The minimum absolute atomic E-state index is 0.0769. The molecule has 3 nitrogen and oxygen atoms in total. The largest absolute Gasteiger partial charge is 0.468 e. The molecular weight excluding hydrogens is 258 g/mol. The van der Waals surface area contributed by atoms with E-state index >= 15 is 0 Å². The Labute approximate surface area is 122 Å². The molecule has 0 bridgehead atoms. The smallest absolute Gasteiger partial charge is 0.327 e. The van der Waals surface area contributed by atoms with Crippen molar-refractivity contribution in [3.8, 4) is 0 Å². The summed E-state index contributed by atoms with van der Waals surface area (Å²) in [5.41, 5.74) is -0.460. The fraction of sp³-hybridized carbons (Fsp3) is 0.933. The highest BCUT2D eigenvalue weighted by molar-refractivity contribution is 8.00. The van der Waals surface area contributed by atoms with E-state index in [1.165, 1.54) is 7.11 Å². The first kappa shape index (κ1) is 16.8. The van der Waals surface area contributed by atoms with Crippen molar-refractivity contribution in [1.82, 2.24) is 5.32 Å². The Kier molecular flexibility index (Phi) is 6.67. The van der Waals surface area contributed by atoms with Crippen molar-refractivity contribution in [2.75, 3.05) is 19.4 Å². The summed E-state index contributed by atoms with van der Waals surface area (Å²) < 4.78 is 5.09. The molecular formula is C15H29NO2S. The van der Waals surface area contributed by atoms with E-state index in [1.807, 2.05) is 11.8 Å². The highest BCUT2D eigenvalue weighted by Gasteiger charge is 2.51. The van der Waals surface area contributed by atoms with Crippen molar-refractivity contribution in [3.63, 3.8) is 0 Å². The SMILES string of the molecule is CCCNC(CSC(C)C(C)C)(C(=O)OC)C1CC1. The van der Waals surface area contributed by atoms with Crippen molar-refractivity contribution in [2.45, 2.75) is 57.7 Å². The highest BCUT2D eigenvalue weighted by atomic mass is 32.2. The number of nitrogens with one attached hydrogen (secondary N) is 1. The average Bonchev–Trinajstić information content (AvgIpc) is 3.22. The normalized spacial score (nSPS) is 20.1. The van der Waals surface area contributed by atoms with E-state index in [2.05, 4.69) is 33.0 Å². The molecule has 1 N–H and O–H groups in total. The van der Waals surface area contributed by atoms with Crippen LogP contribution < -0.4 is 5.32 Å². The van der Waals surface area contributed by atoms with Crippen molar-refractivity contribution in [3.05, 3.63) is 0 Å². The molecule has 1 saturated carbocycles. The van der Waals surface area contributed by atoms with Crippen LogP contribution in [0.2, 0.25) is 0 Å². The summed E-state index contributed by atoms with van der Waals surface area (Å²) in [5, 5.41) is 4.06. The van der Waals surface area contributed by atoms with Crippen LogP contribution in [0.1, 0.15) is 47.0 Å². The van der Waals surface area contributed by atoms with Crippen LogP contribution in [0.3, 0.4) is 0 Å². The zero-order chi connectivity index (χ0) is 14.5. The van der Waals surface area contributed by atoms with Crippen LogP contribution in [-0.2, 0) is 9.53 Å². The number of thioether (sulfide) groups is 1. The zero-order valence-corrected chi connectivity index (χ0v) is 13.8. The van der Waals surface area contributed by atoms with E-state index in [9.17, 15) is 4.79 Å². The van der Waals surface area contributed by atoms with E-state index in [4.69, 9.17) is 4.74 Å². The summed E-state index contributed by atoms with van der Waals surface area (Å²) in [5.74, 6) is 1.83. The molecule has 1 fully saturated rings. The molecule has 0 radical (unpaired) electrons. The van der Waals surface area contributed by atoms with Gasteiger partial charge in [-0.25, -0.2) is 0 Å². The molecule has 0 saturated heterocycles. The predicted octanol–water partition coefficient (Wildman–Crippen LogP) is 3.09. The summed E-state index contributed by atoms with van der Waals surface area (Å²) in [4.78, 5) is 12.3. The van der Waals surface area contributed by atoms with Gasteiger partial charge in [0.25, 0.3) is 0 Å². The monoisotopic (exact) mass is 287 g/mol. The zero-order valence-electron chi connectivity index (χ0n) is 13.0. The Morgan fingerprint density at radius 3 is 2.47 bits per heavy atom. The number of carbonyl (C=O) groups is 1. The quantitative estimate of drug-likeness (QED) is 0.661. The number of ether oxygens (including phenoxy) is 1. The first-order valence-electron chi connectivity index (χ1n) is 7.43. The van der Waals surface area contributed by atoms with Crippen LogP contribution in [0.25, 0.3) is 0 Å². The summed E-state index contributed by atoms with van der Waals surface area (Å²) >= 11 is 1.89. The van der Waals surface area contributed by atoms with Gasteiger partial charge in [0.1, 0.15) is 5.54 Å². The van der Waals surface area contributed by atoms with Crippen LogP contribution in [-0.4, -0.2) is 36.2 Å². The number of esters is 1. The molecule has 1 rings (SSSR count). The third kappa shape index (κ3) is 4.38. The topological polar surface area (TPSA) is 38.3 Å². The molecule has 0 aromatic rings. The Morgan fingerprint density at radius 1 is 1.42 bits per heavy atom. The maximum atomic E-state index is 12.3. The molecule has 4 heteroatoms. The van der Waals surface area contributed by atoms with E-state index in [1.54, 1.807) is 0 Å². The summed E-state index contributed by atoms with van der Waals surface area (Å²) in [6.45, 7) is 9.71. The molecule has 2 unspecified atom stereocenters. The standard InChI is InChI=1S/C15H29NO2S/c1-6-9-16-15(13-7-8-13,14(17)18-5)10-19-12(4)11(2)3/h11-13,16H,6-10H2,1-5H3. The summed E-state index contributed by atoms with van der Waals surface area (Å²) in [6, 6.07) is 0. The molecule has 112 valence electrons. The second-order valence-corrected chi connectivity index (χ2v) is 7.29. The Bertz CT molecular complexity index is 292. The summed E-state index contributed by atoms with van der Waals surface area (Å²) in [7, 11) is 1.50. The Hall–Kier alpha value is -0.220. The van der Waals surface area contributed by atoms with Gasteiger partial charge in [-0.05, 0) is 37.6 Å². The second kappa shape index (κ2) is 7.53. The van der Waals surface area contributed by atoms with Crippen LogP contribution >= 0.6 is 11.8 Å². The maximum Gasteiger partial charge on any atom is 0.327 e. The van der Waals surface area contributed by atoms with Crippen molar-refractivity contribution in [2.24, 2.45) is 11.8 Å².